The number of aliphatic imine (C=N–C) groups is 1. The van der Waals surface area contributed by atoms with Gasteiger partial charge in [-0.1, -0.05) is 24.3 Å². The summed E-state index contributed by atoms with van der Waals surface area (Å²) < 4.78 is 44.0. The van der Waals surface area contributed by atoms with Crippen molar-refractivity contribution in [2.45, 2.75) is 25.1 Å². The number of piperidine rings is 1. The van der Waals surface area contributed by atoms with Crippen molar-refractivity contribution >= 4 is 11.6 Å². The molecule has 30 heavy (non-hydrogen) atoms. The Kier molecular flexibility index (Phi) is 6.87. The number of halogens is 3. The number of ether oxygens (including phenoxy) is 1. The molecule has 1 saturated heterocycles. The van der Waals surface area contributed by atoms with E-state index in [9.17, 15) is 13.2 Å². The molecule has 2 aromatic rings. The minimum absolute atomic E-state index is 0.0103. The highest BCUT2D eigenvalue weighted by atomic mass is 19.4. The number of anilines is 1. The van der Waals surface area contributed by atoms with Gasteiger partial charge in [0.25, 0.3) is 0 Å². The maximum absolute atomic E-state index is 12.9. The van der Waals surface area contributed by atoms with Crippen LogP contribution in [0.4, 0.5) is 18.9 Å². The second-order valence-corrected chi connectivity index (χ2v) is 7.50. The van der Waals surface area contributed by atoms with Gasteiger partial charge >= 0.3 is 6.18 Å². The van der Waals surface area contributed by atoms with Crippen LogP contribution >= 0.6 is 0 Å². The molecule has 0 amide bonds. The van der Waals surface area contributed by atoms with E-state index in [2.05, 4.69) is 15.2 Å². The number of guanidine groups is 1. The van der Waals surface area contributed by atoms with Crippen molar-refractivity contribution in [3.8, 4) is 5.75 Å². The summed E-state index contributed by atoms with van der Waals surface area (Å²) in [6.07, 6.45) is -2.39. The Labute approximate surface area is 174 Å². The van der Waals surface area contributed by atoms with Crippen molar-refractivity contribution in [1.82, 2.24) is 4.90 Å². The molecule has 2 aromatic carbocycles. The predicted octanol–water partition coefficient (Wildman–Crippen LogP) is 4.52. The fourth-order valence-corrected chi connectivity index (χ4v) is 3.99. The topological polar surface area (TPSA) is 62.9 Å². The highest BCUT2D eigenvalue weighted by Crippen LogP contribution is 2.37. The number of nitrogens with zero attached hydrogens (tertiary/aromatic N) is 2. The van der Waals surface area contributed by atoms with Crippen LogP contribution in [0.2, 0.25) is 0 Å². The van der Waals surface area contributed by atoms with Crippen LogP contribution < -0.4 is 15.8 Å². The van der Waals surface area contributed by atoms with Gasteiger partial charge in [0.2, 0.25) is 0 Å². The van der Waals surface area contributed by atoms with Crippen LogP contribution in [0.25, 0.3) is 0 Å². The maximum atomic E-state index is 12.9. The monoisotopic (exact) mass is 420 g/mol. The van der Waals surface area contributed by atoms with E-state index in [1.165, 1.54) is 0 Å². The van der Waals surface area contributed by atoms with E-state index in [0.717, 1.165) is 42.8 Å². The number of methoxy groups -OCH3 is 1. The molecule has 0 aliphatic carbocycles. The molecule has 5 nitrogen and oxygen atoms in total. The molecule has 0 radical (unpaired) electrons. The zero-order chi connectivity index (χ0) is 21.7. The average Bonchev–Trinajstić information content (AvgIpc) is 2.72. The Balaban J connectivity index is 1.74. The number of hydrogen-bond donors (Lipinski definition) is 2. The summed E-state index contributed by atoms with van der Waals surface area (Å²) in [7, 11) is 3.58. The third-order valence-corrected chi connectivity index (χ3v) is 5.45. The van der Waals surface area contributed by atoms with Gasteiger partial charge < -0.3 is 15.8 Å². The van der Waals surface area contributed by atoms with Crippen molar-refractivity contribution in [1.29, 1.82) is 0 Å². The Hall–Kier alpha value is -2.74. The summed E-state index contributed by atoms with van der Waals surface area (Å²) in [5, 5.41) is 3.06. The fraction of sp³-hybridized carbons (Fsp3) is 0.409. The first-order valence-corrected chi connectivity index (χ1v) is 9.87. The zero-order valence-electron chi connectivity index (χ0n) is 17.1. The lowest BCUT2D eigenvalue weighted by Crippen LogP contribution is -2.38. The summed E-state index contributed by atoms with van der Waals surface area (Å²) in [6.45, 7) is 1.37. The number of alkyl halides is 3. The van der Waals surface area contributed by atoms with Crippen molar-refractivity contribution < 1.29 is 17.9 Å². The third kappa shape index (κ3) is 5.24. The second-order valence-electron chi connectivity index (χ2n) is 7.50. The molecule has 3 rings (SSSR count). The van der Waals surface area contributed by atoms with E-state index in [-0.39, 0.29) is 17.9 Å². The molecule has 0 spiro atoms. The molecule has 0 aromatic heterocycles. The van der Waals surface area contributed by atoms with Gasteiger partial charge in [0, 0.05) is 12.6 Å². The smallest absolute Gasteiger partial charge is 0.416 e. The van der Waals surface area contributed by atoms with E-state index >= 15 is 0 Å². The van der Waals surface area contributed by atoms with Crippen LogP contribution in [0.1, 0.15) is 30.0 Å². The molecule has 0 saturated carbocycles. The van der Waals surface area contributed by atoms with Crippen molar-refractivity contribution in [2.75, 3.05) is 32.6 Å². The van der Waals surface area contributed by atoms with Gasteiger partial charge in [-0.3, -0.25) is 9.89 Å². The SMILES string of the molecule is COc1ccccc1NC(N)=NCC1CCCN(C)C1c1ccc(C(F)(F)F)cc1. The van der Waals surface area contributed by atoms with Crippen molar-refractivity contribution in [3.63, 3.8) is 0 Å². The van der Waals surface area contributed by atoms with Crippen LogP contribution in [-0.4, -0.2) is 38.1 Å². The molecule has 8 heteroatoms. The zero-order valence-corrected chi connectivity index (χ0v) is 17.1. The molecule has 0 bridgehead atoms. The fourth-order valence-electron chi connectivity index (χ4n) is 3.99. The Morgan fingerprint density at radius 2 is 1.90 bits per heavy atom. The summed E-state index contributed by atoms with van der Waals surface area (Å²) in [5.74, 6) is 1.09. The lowest BCUT2D eigenvalue weighted by molar-refractivity contribution is -0.137. The minimum Gasteiger partial charge on any atom is -0.495 e. The van der Waals surface area contributed by atoms with Gasteiger partial charge in [0.15, 0.2) is 5.96 Å². The van der Waals surface area contributed by atoms with Gasteiger partial charge in [-0.15, -0.1) is 0 Å². The number of nitrogens with two attached hydrogens (primary N) is 1. The van der Waals surface area contributed by atoms with E-state index in [1.54, 1.807) is 19.2 Å². The first-order chi connectivity index (χ1) is 14.3. The summed E-state index contributed by atoms with van der Waals surface area (Å²) in [4.78, 5) is 6.68. The van der Waals surface area contributed by atoms with E-state index in [1.807, 2.05) is 31.3 Å². The summed E-state index contributed by atoms with van der Waals surface area (Å²) >= 11 is 0. The number of benzene rings is 2. The normalized spacial score (nSPS) is 20.8. The number of hydrogen-bond acceptors (Lipinski definition) is 3. The average molecular weight is 420 g/mol. The highest BCUT2D eigenvalue weighted by Gasteiger charge is 2.33. The van der Waals surface area contributed by atoms with Gasteiger partial charge in [-0.05, 0) is 62.2 Å². The molecule has 1 fully saturated rings. The molecule has 1 aliphatic heterocycles. The number of rotatable bonds is 5. The van der Waals surface area contributed by atoms with E-state index in [4.69, 9.17) is 10.5 Å². The van der Waals surface area contributed by atoms with Crippen LogP contribution in [0.5, 0.6) is 5.75 Å². The molecular weight excluding hydrogens is 393 g/mol. The lowest BCUT2D eigenvalue weighted by Gasteiger charge is -2.39. The van der Waals surface area contributed by atoms with Crippen LogP contribution in [-0.2, 0) is 6.18 Å². The Morgan fingerprint density at radius 1 is 1.20 bits per heavy atom. The summed E-state index contributed by atoms with van der Waals surface area (Å²) in [5.41, 5.74) is 7.03. The molecule has 1 heterocycles. The first-order valence-electron chi connectivity index (χ1n) is 9.87. The molecule has 2 unspecified atom stereocenters. The van der Waals surface area contributed by atoms with E-state index < -0.39 is 11.7 Å². The molecular formula is C22H27F3N4O. The first kappa shape index (κ1) is 22.0. The van der Waals surface area contributed by atoms with Crippen molar-refractivity contribution in [2.24, 2.45) is 16.6 Å². The molecule has 3 N–H and O–H groups in total. The third-order valence-electron chi connectivity index (χ3n) is 5.45. The molecule has 1 aliphatic rings. The van der Waals surface area contributed by atoms with Gasteiger partial charge in [-0.2, -0.15) is 13.2 Å². The number of likely N-dealkylation sites (tertiary alicyclic amines) is 1. The van der Waals surface area contributed by atoms with Gasteiger partial charge in [0.1, 0.15) is 5.75 Å². The van der Waals surface area contributed by atoms with Crippen molar-refractivity contribution in [3.05, 3.63) is 59.7 Å². The molecule has 162 valence electrons. The maximum Gasteiger partial charge on any atom is 0.416 e. The van der Waals surface area contributed by atoms with Crippen LogP contribution in [0.15, 0.2) is 53.5 Å². The largest absolute Gasteiger partial charge is 0.495 e. The van der Waals surface area contributed by atoms with Gasteiger partial charge in [0.05, 0.1) is 18.4 Å². The number of nitrogens with one attached hydrogen (secondary N) is 1. The second kappa shape index (κ2) is 9.38. The van der Waals surface area contributed by atoms with Crippen LogP contribution in [0, 0.1) is 5.92 Å². The predicted molar refractivity (Wildman–Crippen MR) is 113 cm³/mol. The van der Waals surface area contributed by atoms with Crippen LogP contribution in [0.3, 0.4) is 0 Å². The lowest BCUT2D eigenvalue weighted by atomic mass is 9.84. The van der Waals surface area contributed by atoms with E-state index in [0.29, 0.717) is 12.3 Å². The number of para-hydroxylation sites is 2. The highest BCUT2D eigenvalue weighted by molar-refractivity contribution is 5.93. The van der Waals surface area contributed by atoms with Gasteiger partial charge in [-0.25, -0.2) is 0 Å². The molecule has 2 atom stereocenters. The standard InChI is InChI=1S/C22H27F3N4O/c1-29-13-5-6-16(20(29)15-9-11-17(12-10-15)22(23,24)25)14-27-21(26)28-18-7-3-4-8-19(18)30-2/h3-4,7-12,16,20H,5-6,13-14H2,1-2H3,(H3,26,27,28). The summed E-state index contributed by atoms with van der Waals surface area (Å²) in [6, 6.07) is 12.8. The minimum atomic E-state index is -4.33. The Bertz CT molecular complexity index is 867. The Morgan fingerprint density at radius 3 is 2.57 bits per heavy atom. The quantitative estimate of drug-likeness (QED) is 0.551.